The second-order valence-corrected chi connectivity index (χ2v) is 4.49. The van der Waals surface area contributed by atoms with E-state index in [0.29, 0.717) is 0 Å². The van der Waals surface area contributed by atoms with Gasteiger partial charge in [-0.1, -0.05) is 30.3 Å². The Labute approximate surface area is 110 Å². The largest absolute Gasteiger partial charge is 0.344 e. The van der Waals surface area contributed by atoms with Crippen molar-refractivity contribution in [2.45, 2.75) is 6.92 Å². The Bertz CT molecular complexity index is 521. The van der Waals surface area contributed by atoms with Gasteiger partial charge in [0, 0.05) is 10.2 Å². The molecular weight excluding hydrogens is 276 g/mol. The van der Waals surface area contributed by atoms with E-state index in [1.807, 2.05) is 61.5 Å². The number of halogens is 1. The minimum atomic E-state index is 0.864. The van der Waals surface area contributed by atoms with Gasteiger partial charge in [0.15, 0.2) is 0 Å². The molecule has 0 radical (unpaired) electrons. The van der Waals surface area contributed by atoms with E-state index in [9.17, 15) is 0 Å². The highest BCUT2D eigenvalue weighted by Gasteiger charge is 1.97. The molecule has 0 aromatic heterocycles. The van der Waals surface area contributed by atoms with Gasteiger partial charge in [0.25, 0.3) is 0 Å². The van der Waals surface area contributed by atoms with Crippen LogP contribution in [0.5, 0.6) is 0 Å². The summed E-state index contributed by atoms with van der Waals surface area (Å²) < 4.78 is 0.995. The van der Waals surface area contributed by atoms with Crippen molar-refractivity contribution in [3.05, 3.63) is 59.1 Å². The van der Waals surface area contributed by atoms with Crippen molar-refractivity contribution in [2.75, 3.05) is 5.32 Å². The number of hydrogen-bond acceptors (Lipinski definition) is 1. The Balaban J connectivity index is 2.16. The highest BCUT2D eigenvalue weighted by Crippen LogP contribution is 2.24. The normalized spacial score (nSPS) is 11.3. The molecule has 3 heteroatoms. The predicted octanol–water partition coefficient (Wildman–Crippen LogP) is 4.61. The quantitative estimate of drug-likeness (QED) is 0.633. The fourth-order valence-electron chi connectivity index (χ4n) is 1.48. The number of nitrogens with one attached hydrogen (secondary N) is 1. The molecule has 0 atom stereocenters. The van der Waals surface area contributed by atoms with E-state index in [2.05, 4.69) is 26.2 Å². The summed E-state index contributed by atoms with van der Waals surface area (Å²) in [5.41, 5.74) is 1.97. The van der Waals surface area contributed by atoms with Gasteiger partial charge in [-0.2, -0.15) is 0 Å². The monoisotopic (exact) mass is 288 g/mol. The number of hydrogen-bond donors (Lipinski definition) is 1. The molecule has 0 unspecified atom stereocenters. The zero-order valence-electron chi connectivity index (χ0n) is 9.52. The minimum Gasteiger partial charge on any atom is -0.344 e. The van der Waals surface area contributed by atoms with Gasteiger partial charge in [0.2, 0.25) is 0 Å². The molecule has 2 aromatic rings. The summed E-state index contributed by atoms with van der Waals surface area (Å²) in [4.78, 5) is 4.51. The first kappa shape index (κ1) is 11.9. The van der Waals surface area contributed by atoms with Crippen LogP contribution in [0, 0.1) is 0 Å². The van der Waals surface area contributed by atoms with Crippen LogP contribution in [0.25, 0.3) is 0 Å². The summed E-state index contributed by atoms with van der Waals surface area (Å²) in [5, 5.41) is 3.25. The van der Waals surface area contributed by atoms with Gasteiger partial charge in [-0.3, -0.25) is 0 Å². The van der Waals surface area contributed by atoms with Crippen molar-refractivity contribution in [1.82, 2.24) is 0 Å². The maximum Gasteiger partial charge on any atom is 0.103 e. The zero-order valence-corrected chi connectivity index (χ0v) is 11.1. The smallest absolute Gasteiger partial charge is 0.103 e. The Kier molecular flexibility index (Phi) is 3.94. The molecule has 86 valence electrons. The Morgan fingerprint density at radius 2 is 1.65 bits per heavy atom. The Morgan fingerprint density at radius 3 is 2.35 bits per heavy atom. The maximum atomic E-state index is 4.51. The van der Waals surface area contributed by atoms with E-state index in [-0.39, 0.29) is 0 Å². The highest BCUT2D eigenvalue weighted by atomic mass is 79.9. The molecule has 1 N–H and O–H groups in total. The van der Waals surface area contributed by atoms with E-state index in [1.165, 1.54) is 0 Å². The Morgan fingerprint density at radius 1 is 1.00 bits per heavy atom. The van der Waals surface area contributed by atoms with Crippen LogP contribution < -0.4 is 5.32 Å². The summed E-state index contributed by atoms with van der Waals surface area (Å²) in [6.45, 7) is 1.95. The van der Waals surface area contributed by atoms with E-state index in [0.717, 1.165) is 21.7 Å². The lowest BCUT2D eigenvalue weighted by atomic mass is 10.3. The molecule has 2 aromatic carbocycles. The van der Waals surface area contributed by atoms with Crippen molar-refractivity contribution >= 4 is 33.1 Å². The fourth-order valence-corrected chi connectivity index (χ4v) is 1.85. The first-order valence-electron chi connectivity index (χ1n) is 5.37. The molecule has 0 heterocycles. The molecule has 0 amide bonds. The van der Waals surface area contributed by atoms with Crippen molar-refractivity contribution in [1.29, 1.82) is 0 Å². The summed E-state index contributed by atoms with van der Waals surface area (Å²) in [6.07, 6.45) is 0. The number of anilines is 1. The third-order valence-electron chi connectivity index (χ3n) is 2.24. The van der Waals surface area contributed by atoms with E-state index >= 15 is 0 Å². The van der Waals surface area contributed by atoms with Crippen molar-refractivity contribution < 1.29 is 0 Å². The van der Waals surface area contributed by atoms with E-state index in [4.69, 9.17) is 0 Å². The molecule has 2 rings (SSSR count). The first-order valence-corrected chi connectivity index (χ1v) is 6.17. The number of rotatable bonds is 2. The fraction of sp³-hybridized carbons (Fsp3) is 0.0714. The predicted molar refractivity (Wildman–Crippen MR) is 77.0 cm³/mol. The highest BCUT2D eigenvalue weighted by molar-refractivity contribution is 9.10. The average molecular weight is 289 g/mol. The molecule has 0 aliphatic carbocycles. The van der Waals surface area contributed by atoms with Crippen LogP contribution in [-0.4, -0.2) is 5.84 Å². The molecular formula is C14H13BrN2. The molecule has 0 aliphatic rings. The van der Waals surface area contributed by atoms with Crippen LogP contribution in [0.3, 0.4) is 0 Å². The van der Waals surface area contributed by atoms with E-state index < -0.39 is 0 Å². The van der Waals surface area contributed by atoms with Crippen molar-refractivity contribution in [2.24, 2.45) is 4.99 Å². The Hall–Kier alpha value is -1.61. The molecule has 0 saturated carbocycles. The van der Waals surface area contributed by atoms with Crippen LogP contribution >= 0.6 is 15.9 Å². The molecule has 0 aliphatic heterocycles. The minimum absolute atomic E-state index is 0.864. The molecule has 17 heavy (non-hydrogen) atoms. The van der Waals surface area contributed by atoms with Crippen molar-refractivity contribution in [3.8, 4) is 0 Å². The summed E-state index contributed by atoms with van der Waals surface area (Å²) >= 11 is 3.48. The molecule has 0 spiro atoms. The van der Waals surface area contributed by atoms with Gasteiger partial charge in [-0.05, 0) is 47.1 Å². The maximum absolute atomic E-state index is 4.51. The average Bonchev–Trinajstić information content (AvgIpc) is 2.33. The number of benzene rings is 2. The molecule has 0 bridgehead atoms. The van der Waals surface area contributed by atoms with Gasteiger partial charge in [-0.15, -0.1) is 0 Å². The standard InChI is InChI=1S/C14H13BrN2/c1-11(16-12-7-3-2-4-8-12)17-14-10-6-5-9-13(14)15/h2-10H,1H3,(H,16,17). The van der Waals surface area contributed by atoms with Gasteiger partial charge in [0.1, 0.15) is 5.84 Å². The number of nitrogens with zero attached hydrogens (tertiary/aromatic N) is 1. The summed E-state index contributed by atoms with van der Waals surface area (Å²) in [7, 11) is 0. The van der Waals surface area contributed by atoms with Crippen LogP contribution in [-0.2, 0) is 0 Å². The number of para-hydroxylation sites is 2. The van der Waals surface area contributed by atoms with Gasteiger partial charge >= 0.3 is 0 Å². The van der Waals surface area contributed by atoms with Crippen LogP contribution in [0.4, 0.5) is 11.4 Å². The third-order valence-corrected chi connectivity index (χ3v) is 2.91. The lowest BCUT2D eigenvalue weighted by Crippen LogP contribution is -2.06. The topological polar surface area (TPSA) is 24.4 Å². The van der Waals surface area contributed by atoms with Gasteiger partial charge in [0.05, 0.1) is 5.69 Å². The summed E-state index contributed by atoms with van der Waals surface area (Å²) in [5.74, 6) is 0.864. The SMILES string of the molecule is CC(=Nc1ccccc1Br)Nc1ccccc1. The number of aliphatic imine (C=N–C) groups is 1. The van der Waals surface area contributed by atoms with Crippen molar-refractivity contribution in [3.63, 3.8) is 0 Å². The molecule has 0 saturated heterocycles. The van der Waals surface area contributed by atoms with Crippen LogP contribution in [0.15, 0.2) is 64.1 Å². The summed E-state index contributed by atoms with van der Waals surface area (Å²) in [6, 6.07) is 17.9. The molecule has 0 fully saturated rings. The second kappa shape index (κ2) is 5.64. The zero-order chi connectivity index (χ0) is 12.1. The molecule has 2 nitrogen and oxygen atoms in total. The van der Waals surface area contributed by atoms with Crippen LogP contribution in [0.2, 0.25) is 0 Å². The lowest BCUT2D eigenvalue weighted by Gasteiger charge is -2.06. The van der Waals surface area contributed by atoms with Crippen LogP contribution in [0.1, 0.15) is 6.92 Å². The first-order chi connectivity index (χ1) is 8.25. The van der Waals surface area contributed by atoms with E-state index in [1.54, 1.807) is 0 Å². The number of amidine groups is 1. The third kappa shape index (κ3) is 3.43. The second-order valence-electron chi connectivity index (χ2n) is 3.64. The van der Waals surface area contributed by atoms with Gasteiger partial charge < -0.3 is 5.32 Å². The lowest BCUT2D eigenvalue weighted by molar-refractivity contribution is 1.44. The van der Waals surface area contributed by atoms with Gasteiger partial charge in [-0.25, -0.2) is 4.99 Å².